The lowest BCUT2D eigenvalue weighted by Gasteiger charge is -2.28. The van der Waals surface area contributed by atoms with E-state index in [0.717, 1.165) is 47.7 Å². The van der Waals surface area contributed by atoms with Gasteiger partial charge in [-0.2, -0.15) is 0 Å². The molecule has 0 saturated carbocycles. The molecule has 7 heteroatoms. The lowest BCUT2D eigenvalue weighted by Crippen LogP contribution is -2.38. The van der Waals surface area contributed by atoms with Crippen LogP contribution in [0, 0.1) is 6.92 Å². The summed E-state index contributed by atoms with van der Waals surface area (Å²) in [6, 6.07) is 13.7. The standard InChI is InChI=1S/C20H23N3O2.C12H21NO.C2H6/c1-14-6-4-7-15(10-14)11-23(21)20(24)18-13-22(2)12-17-16(18)8-5-9-19(17)25-3;1-3-5-6-7-8-11-14-12-10-13-9-4-2;1-2/h4-10,13H,11-12,21H2,1-3H3;3,5-8,11,13H,4,9-10,12H2,1-2H3;1-2H3/b;5-3-,7-6-,11-8+;. The van der Waals surface area contributed by atoms with E-state index in [1.54, 1.807) is 13.4 Å². The van der Waals surface area contributed by atoms with Gasteiger partial charge in [0.15, 0.2) is 0 Å². The van der Waals surface area contributed by atoms with Crippen molar-refractivity contribution in [2.45, 2.75) is 54.1 Å². The number of carbonyl (C=O) groups excluding carboxylic acids is 1. The molecule has 0 fully saturated rings. The maximum absolute atomic E-state index is 13.0. The molecule has 0 aliphatic carbocycles. The fourth-order valence-corrected chi connectivity index (χ4v) is 4.00. The van der Waals surface area contributed by atoms with Crippen molar-refractivity contribution in [3.8, 4) is 5.75 Å². The van der Waals surface area contributed by atoms with Gasteiger partial charge in [-0.05, 0) is 50.1 Å². The average molecular weight is 563 g/mol. The van der Waals surface area contributed by atoms with Gasteiger partial charge in [-0.3, -0.25) is 9.80 Å². The summed E-state index contributed by atoms with van der Waals surface area (Å²) in [6.45, 7) is 13.9. The van der Waals surface area contributed by atoms with E-state index in [1.165, 1.54) is 11.4 Å². The predicted molar refractivity (Wildman–Crippen MR) is 172 cm³/mol. The number of hydrogen-bond acceptors (Lipinski definition) is 6. The van der Waals surface area contributed by atoms with Gasteiger partial charge in [-0.1, -0.05) is 87.0 Å². The van der Waals surface area contributed by atoms with Gasteiger partial charge >= 0.3 is 0 Å². The van der Waals surface area contributed by atoms with Gasteiger partial charge in [0.1, 0.15) is 5.75 Å². The Morgan fingerprint density at radius 3 is 2.51 bits per heavy atom. The van der Waals surface area contributed by atoms with E-state index in [2.05, 4.69) is 12.2 Å². The van der Waals surface area contributed by atoms with Gasteiger partial charge in [0.25, 0.3) is 5.91 Å². The molecule has 1 heterocycles. The fourth-order valence-electron chi connectivity index (χ4n) is 4.00. The van der Waals surface area contributed by atoms with Crippen LogP contribution in [0.4, 0.5) is 0 Å². The second kappa shape index (κ2) is 21.0. The van der Waals surface area contributed by atoms with Crippen LogP contribution in [-0.4, -0.2) is 49.7 Å². The first kappa shape index (κ1) is 35.2. The molecular formula is C34H50N4O3. The van der Waals surface area contributed by atoms with E-state index >= 15 is 0 Å². The molecule has 7 nitrogen and oxygen atoms in total. The third kappa shape index (κ3) is 12.9. The predicted octanol–water partition coefficient (Wildman–Crippen LogP) is 6.37. The lowest BCUT2D eigenvalue weighted by molar-refractivity contribution is -0.126. The summed E-state index contributed by atoms with van der Waals surface area (Å²) in [5, 5.41) is 4.53. The number of hydrogen-bond donors (Lipinski definition) is 2. The van der Waals surface area contributed by atoms with E-state index < -0.39 is 0 Å². The number of fused-ring (bicyclic) bond motifs is 1. The van der Waals surface area contributed by atoms with Crippen LogP contribution in [0.1, 0.15) is 56.4 Å². The Morgan fingerprint density at radius 1 is 1.10 bits per heavy atom. The van der Waals surface area contributed by atoms with E-state index in [0.29, 0.717) is 18.7 Å². The first-order valence-electron chi connectivity index (χ1n) is 14.4. The number of allylic oxidation sites excluding steroid dienone is 5. The summed E-state index contributed by atoms with van der Waals surface area (Å²) < 4.78 is 10.7. The molecule has 0 atom stereocenters. The molecule has 1 aliphatic heterocycles. The Kier molecular flexibility index (Phi) is 18.0. The zero-order valence-electron chi connectivity index (χ0n) is 26.0. The van der Waals surface area contributed by atoms with Crippen LogP contribution in [0.15, 0.2) is 85.3 Å². The molecule has 2 aromatic carbocycles. The zero-order valence-corrected chi connectivity index (χ0v) is 26.0. The summed E-state index contributed by atoms with van der Waals surface area (Å²) in [7, 11) is 3.58. The highest BCUT2D eigenvalue weighted by atomic mass is 16.5. The number of nitrogens with two attached hydrogens (primary N) is 1. The molecule has 41 heavy (non-hydrogen) atoms. The molecule has 2 aromatic rings. The van der Waals surface area contributed by atoms with Gasteiger partial charge < -0.3 is 19.7 Å². The van der Waals surface area contributed by atoms with Crippen molar-refractivity contribution in [3.63, 3.8) is 0 Å². The minimum absolute atomic E-state index is 0.206. The van der Waals surface area contributed by atoms with E-state index in [4.69, 9.17) is 15.3 Å². The van der Waals surface area contributed by atoms with Crippen LogP contribution in [-0.2, 0) is 22.6 Å². The van der Waals surface area contributed by atoms with Crippen LogP contribution in [0.2, 0.25) is 0 Å². The molecule has 0 saturated heterocycles. The molecule has 0 aromatic heterocycles. The fraction of sp³-hybridized carbons (Fsp3) is 0.382. The number of methoxy groups -OCH3 is 1. The van der Waals surface area contributed by atoms with E-state index in [9.17, 15) is 4.79 Å². The molecule has 0 radical (unpaired) electrons. The Balaban J connectivity index is 0.000000450. The van der Waals surface area contributed by atoms with Gasteiger partial charge in [0, 0.05) is 31.9 Å². The molecular weight excluding hydrogens is 512 g/mol. The summed E-state index contributed by atoms with van der Waals surface area (Å²) in [4.78, 5) is 14.9. The van der Waals surface area contributed by atoms with E-state index in [-0.39, 0.29) is 5.91 Å². The highest BCUT2D eigenvalue weighted by Crippen LogP contribution is 2.33. The van der Waals surface area contributed by atoms with Crippen molar-refractivity contribution in [2.75, 3.05) is 33.9 Å². The monoisotopic (exact) mass is 562 g/mol. The zero-order chi connectivity index (χ0) is 30.5. The topological polar surface area (TPSA) is 80.1 Å². The van der Waals surface area contributed by atoms with Crippen molar-refractivity contribution in [2.24, 2.45) is 5.84 Å². The maximum atomic E-state index is 13.0. The molecule has 0 spiro atoms. The number of nitrogens with one attached hydrogen (secondary N) is 1. The average Bonchev–Trinajstić information content (AvgIpc) is 2.98. The highest BCUT2D eigenvalue weighted by Gasteiger charge is 2.26. The van der Waals surface area contributed by atoms with Crippen LogP contribution in [0.3, 0.4) is 0 Å². The third-order valence-corrected chi connectivity index (χ3v) is 5.85. The number of amides is 1. The number of ether oxygens (including phenoxy) is 2. The van der Waals surface area contributed by atoms with Gasteiger partial charge in [0.2, 0.25) is 0 Å². The summed E-state index contributed by atoms with van der Waals surface area (Å²) >= 11 is 0. The van der Waals surface area contributed by atoms with Crippen molar-refractivity contribution < 1.29 is 14.3 Å². The van der Waals surface area contributed by atoms with Crippen molar-refractivity contribution >= 4 is 11.5 Å². The van der Waals surface area contributed by atoms with Gasteiger partial charge in [-0.15, -0.1) is 0 Å². The molecule has 0 bridgehead atoms. The number of nitrogens with zero attached hydrogens (tertiary/aromatic N) is 2. The largest absolute Gasteiger partial charge is 0.500 e. The smallest absolute Gasteiger partial charge is 0.270 e. The quantitative estimate of drug-likeness (QED) is 0.0782. The summed E-state index contributed by atoms with van der Waals surface area (Å²) in [5.41, 5.74) is 4.61. The summed E-state index contributed by atoms with van der Waals surface area (Å²) in [5.74, 6) is 6.67. The normalized spacial score (nSPS) is 12.3. The minimum Gasteiger partial charge on any atom is -0.500 e. The second-order valence-corrected chi connectivity index (χ2v) is 9.23. The Labute approximate surface area is 248 Å². The third-order valence-electron chi connectivity index (χ3n) is 5.85. The summed E-state index contributed by atoms with van der Waals surface area (Å²) in [6.07, 6.45) is 14.5. The van der Waals surface area contributed by atoms with Crippen molar-refractivity contribution in [3.05, 3.63) is 108 Å². The number of carbonyl (C=O) groups is 1. The van der Waals surface area contributed by atoms with Crippen LogP contribution in [0.5, 0.6) is 5.75 Å². The van der Waals surface area contributed by atoms with Crippen LogP contribution >= 0.6 is 0 Å². The van der Waals surface area contributed by atoms with Crippen molar-refractivity contribution in [1.29, 1.82) is 0 Å². The first-order chi connectivity index (χ1) is 19.9. The lowest BCUT2D eigenvalue weighted by atomic mass is 9.95. The molecule has 3 N–H and O–H groups in total. The minimum atomic E-state index is -0.206. The SMILES string of the molecule is CC.COc1cccc2c1CN(C)C=C2C(=O)N(N)Cc1cccc(C)c1.C\C=C/C=C\C=C\OCCNCCC. The number of aryl methyl sites for hydroxylation is 1. The molecule has 0 unspecified atom stereocenters. The Hall–Kier alpha value is -3.81. The van der Waals surface area contributed by atoms with Crippen LogP contribution < -0.4 is 15.9 Å². The second-order valence-electron chi connectivity index (χ2n) is 9.23. The van der Waals surface area contributed by atoms with Crippen molar-refractivity contribution in [1.82, 2.24) is 15.2 Å². The molecule has 1 amide bonds. The Morgan fingerprint density at radius 2 is 1.83 bits per heavy atom. The maximum Gasteiger partial charge on any atom is 0.270 e. The molecule has 3 rings (SSSR count). The number of benzene rings is 2. The first-order valence-corrected chi connectivity index (χ1v) is 14.4. The van der Waals surface area contributed by atoms with Crippen LogP contribution in [0.25, 0.3) is 5.57 Å². The highest BCUT2D eigenvalue weighted by molar-refractivity contribution is 6.19. The van der Waals surface area contributed by atoms with E-state index in [1.807, 2.05) is 119 Å². The molecule has 1 aliphatic rings. The van der Waals surface area contributed by atoms with Gasteiger partial charge in [0.05, 0.1) is 32.1 Å². The number of hydrazine groups is 1. The Bertz CT molecular complexity index is 1150. The van der Waals surface area contributed by atoms with Gasteiger partial charge in [-0.25, -0.2) is 5.84 Å². The number of rotatable bonds is 12. The molecule has 224 valence electrons.